The summed E-state index contributed by atoms with van der Waals surface area (Å²) in [5, 5.41) is 1.09. The summed E-state index contributed by atoms with van der Waals surface area (Å²) >= 11 is 10.7. The Morgan fingerprint density at radius 3 is 2.54 bits per heavy atom. The van der Waals surface area contributed by atoms with Gasteiger partial charge in [0.25, 0.3) is 0 Å². The van der Waals surface area contributed by atoms with Gasteiger partial charge in [-0.25, -0.2) is 9.19 Å². The summed E-state index contributed by atoms with van der Waals surface area (Å²) < 4.78 is 28.3. The number of benzene rings is 3. The van der Waals surface area contributed by atoms with E-state index in [1.807, 2.05) is 23.6 Å². The summed E-state index contributed by atoms with van der Waals surface area (Å²) in [4.78, 5) is 4.81. The van der Waals surface area contributed by atoms with E-state index in [0.717, 1.165) is 11.3 Å². The lowest BCUT2D eigenvalue weighted by atomic mass is 10.2. The Labute approximate surface area is 173 Å². The molecule has 4 aromatic rings. The highest BCUT2D eigenvalue weighted by Crippen LogP contribution is 2.33. The number of para-hydroxylation sites is 1. The Morgan fingerprint density at radius 2 is 1.75 bits per heavy atom. The van der Waals surface area contributed by atoms with Gasteiger partial charge in [-0.1, -0.05) is 35.3 Å². The first-order valence-corrected chi connectivity index (χ1v) is 10.1. The van der Waals surface area contributed by atoms with Gasteiger partial charge in [0.05, 0.1) is 26.1 Å². The minimum Gasteiger partial charge on any atom is -0.457 e. The number of ether oxygens (including phenoxy) is 1. The molecule has 1 heterocycles. The van der Waals surface area contributed by atoms with E-state index >= 15 is 0 Å². The van der Waals surface area contributed by atoms with Crippen LogP contribution in [0.15, 0.2) is 65.6 Å². The first-order valence-electron chi connectivity index (χ1n) is 8.26. The molecule has 28 heavy (non-hydrogen) atoms. The largest absolute Gasteiger partial charge is 0.457 e. The van der Waals surface area contributed by atoms with Crippen LogP contribution in [0.1, 0.15) is 5.82 Å². The van der Waals surface area contributed by atoms with E-state index in [4.69, 9.17) is 27.9 Å². The van der Waals surface area contributed by atoms with Gasteiger partial charge in [0, 0.05) is 6.07 Å². The normalized spacial score (nSPS) is 12.3. The summed E-state index contributed by atoms with van der Waals surface area (Å²) in [6, 6.07) is 17.3. The molecule has 1 N–H and O–H groups in total. The Bertz CT molecular complexity index is 1220. The van der Waals surface area contributed by atoms with Gasteiger partial charge in [0.1, 0.15) is 22.8 Å². The van der Waals surface area contributed by atoms with Gasteiger partial charge in [-0.3, -0.25) is 4.57 Å². The minimum atomic E-state index is -2.08. The second-order valence-corrected chi connectivity index (χ2v) is 7.83. The van der Waals surface area contributed by atoms with Crippen molar-refractivity contribution in [3.05, 3.63) is 76.5 Å². The van der Waals surface area contributed by atoms with Gasteiger partial charge in [-0.05, 0) is 49.4 Å². The summed E-state index contributed by atoms with van der Waals surface area (Å²) in [6.45, 7) is 1.88. The third kappa shape index (κ3) is 3.52. The first-order chi connectivity index (χ1) is 13.4. The number of aryl methyl sites for hydroxylation is 1. The second kappa shape index (κ2) is 7.56. The molecule has 1 atom stereocenters. The van der Waals surface area contributed by atoms with Gasteiger partial charge in [-0.2, -0.15) is 0 Å². The molecule has 4 rings (SSSR count). The minimum absolute atomic E-state index is 0.262. The number of fused-ring (bicyclic) bond motifs is 1. The average Bonchev–Trinajstić information content (AvgIpc) is 3.01. The Hall–Kier alpha value is -2.38. The maximum absolute atomic E-state index is 11.3. The van der Waals surface area contributed by atoms with Crippen LogP contribution in [0.4, 0.5) is 0 Å². The Morgan fingerprint density at radius 1 is 1.00 bits per heavy atom. The van der Waals surface area contributed by atoms with Crippen molar-refractivity contribution in [3.63, 3.8) is 0 Å². The summed E-state index contributed by atoms with van der Waals surface area (Å²) in [5.74, 6) is 1.71. The van der Waals surface area contributed by atoms with Gasteiger partial charge in [0.15, 0.2) is 11.1 Å². The van der Waals surface area contributed by atoms with Crippen molar-refractivity contribution in [2.45, 2.75) is 11.8 Å². The third-order valence-corrected chi connectivity index (χ3v) is 5.49. The Kier molecular flexibility index (Phi) is 5.12. The van der Waals surface area contributed by atoms with E-state index < -0.39 is 11.1 Å². The fraction of sp³-hybridized carbons (Fsp3) is 0.0500. The van der Waals surface area contributed by atoms with Crippen molar-refractivity contribution in [1.29, 1.82) is 0 Å². The zero-order valence-corrected chi connectivity index (χ0v) is 16.9. The van der Waals surface area contributed by atoms with Crippen LogP contribution in [0.25, 0.3) is 16.7 Å². The molecule has 0 spiro atoms. The number of rotatable bonds is 4. The molecule has 0 aliphatic rings. The molecule has 5 nitrogen and oxygen atoms in total. The molecule has 142 valence electrons. The fourth-order valence-corrected chi connectivity index (χ4v) is 3.82. The van der Waals surface area contributed by atoms with Crippen molar-refractivity contribution in [2.75, 3.05) is 0 Å². The molecule has 0 radical (unpaired) electrons. The Balaban J connectivity index is 1.79. The molecule has 0 amide bonds. The topological polar surface area (TPSA) is 64.4 Å². The van der Waals surface area contributed by atoms with Crippen molar-refractivity contribution < 1.29 is 13.5 Å². The van der Waals surface area contributed by atoms with E-state index in [0.29, 0.717) is 32.7 Å². The van der Waals surface area contributed by atoms with Crippen molar-refractivity contribution in [1.82, 2.24) is 9.55 Å². The molecular formula is C20H14Cl2N2O3S. The standard InChI is InChI=1S/C20H14Cl2N2O3S/c1-12-23-20-17(22)6-3-7-18(20)24(12)19-11-14(8-9-16(19)21)27-13-4-2-5-15(10-13)28(25)26/h2-11H,1H3,(H,25,26). The maximum atomic E-state index is 11.3. The molecule has 0 aliphatic carbocycles. The lowest BCUT2D eigenvalue weighted by molar-refractivity contribution is 0.480. The van der Waals surface area contributed by atoms with Crippen LogP contribution in [0.5, 0.6) is 11.5 Å². The van der Waals surface area contributed by atoms with Gasteiger partial charge < -0.3 is 9.29 Å². The number of hydrogen-bond donors (Lipinski definition) is 1. The molecule has 8 heteroatoms. The van der Waals surface area contributed by atoms with Crippen LogP contribution in [0.3, 0.4) is 0 Å². The van der Waals surface area contributed by atoms with Crippen molar-refractivity contribution >= 4 is 45.3 Å². The molecule has 1 aromatic heterocycles. The number of halogens is 2. The second-order valence-electron chi connectivity index (χ2n) is 6.04. The van der Waals surface area contributed by atoms with Crippen LogP contribution in [-0.4, -0.2) is 18.3 Å². The molecule has 0 bridgehead atoms. The predicted octanol–water partition coefficient (Wildman–Crippen LogP) is 6.01. The molecular weight excluding hydrogens is 419 g/mol. The number of imidazole rings is 1. The highest BCUT2D eigenvalue weighted by Gasteiger charge is 2.15. The van der Waals surface area contributed by atoms with E-state index in [9.17, 15) is 8.76 Å². The van der Waals surface area contributed by atoms with E-state index in [1.165, 1.54) is 6.07 Å². The van der Waals surface area contributed by atoms with Crippen LogP contribution in [-0.2, 0) is 11.1 Å². The molecule has 1 unspecified atom stereocenters. The van der Waals surface area contributed by atoms with Gasteiger partial charge in [-0.15, -0.1) is 0 Å². The fourth-order valence-electron chi connectivity index (χ4n) is 3.00. The smallest absolute Gasteiger partial charge is 0.186 e. The molecule has 0 saturated heterocycles. The molecule has 0 saturated carbocycles. The van der Waals surface area contributed by atoms with Crippen molar-refractivity contribution in [3.8, 4) is 17.2 Å². The first kappa shape index (κ1) is 19.0. The molecule has 3 aromatic carbocycles. The lowest BCUT2D eigenvalue weighted by Gasteiger charge is -2.12. The maximum Gasteiger partial charge on any atom is 0.186 e. The zero-order valence-electron chi connectivity index (χ0n) is 14.6. The van der Waals surface area contributed by atoms with Gasteiger partial charge in [0.2, 0.25) is 0 Å². The molecule has 0 aliphatic heterocycles. The van der Waals surface area contributed by atoms with Crippen LogP contribution >= 0.6 is 23.2 Å². The molecule has 0 fully saturated rings. The van der Waals surface area contributed by atoms with E-state index in [1.54, 1.807) is 42.5 Å². The summed E-state index contributed by atoms with van der Waals surface area (Å²) in [7, 11) is 0. The SMILES string of the molecule is Cc1nc2c(Cl)cccc2n1-c1cc(Oc2cccc(S(=O)O)c2)ccc1Cl. The zero-order chi connectivity index (χ0) is 19.8. The number of nitrogens with zero attached hydrogens (tertiary/aromatic N) is 2. The highest BCUT2D eigenvalue weighted by molar-refractivity contribution is 7.79. The third-order valence-electron chi connectivity index (χ3n) is 4.20. The lowest BCUT2D eigenvalue weighted by Crippen LogP contribution is -1.99. The van der Waals surface area contributed by atoms with Crippen LogP contribution < -0.4 is 4.74 Å². The summed E-state index contributed by atoms with van der Waals surface area (Å²) in [6.07, 6.45) is 0. The average molecular weight is 433 g/mol. The quantitative estimate of drug-likeness (QED) is 0.400. The number of hydrogen-bond acceptors (Lipinski definition) is 3. The monoisotopic (exact) mass is 432 g/mol. The predicted molar refractivity (Wildman–Crippen MR) is 111 cm³/mol. The van der Waals surface area contributed by atoms with Gasteiger partial charge >= 0.3 is 0 Å². The van der Waals surface area contributed by atoms with E-state index in [2.05, 4.69) is 4.98 Å². The van der Waals surface area contributed by atoms with Crippen LogP contribution in [0, 0.1) is 6.92 Å². The van der Waals surface area contributed by atoms with Crippen molar-refractivity contribution in [2.24, 2.45) is 0 Å². The number of aromatic nitrogens is 2. The van der Waals surface area contributed by atoms with Crippen LogP contribution in [0.2, 0.25) is 10.0 Å². The summed E-state index contributed by atoms with van der Waals surface area (Å²) in [5.41, 5.74) is 2.23. The highest BCUT2D eigenvalue weighted by atomic mass is 35.5. The van der Waals surface area contributed by atoms with E-state index in [-0.39, 0.29) is 4.90 Å².